The maximum Gasteiger partial charge on any atom is 0.255 e. The summed E-state index contributed by atoms with van der Waals surface area (Å²) >= 11 is 0. The first-order valence-electron chi connectivity index (χ1n) is 9.95. The van der Waals surface area contributed by atoms with Crippen LogP contribution in [0.2, 0.25) is 0 Å². The van der Waals surface area contributed by atoms with Crippen molar-refractivity contribution in [2.45, 2.75) is 44.2 Å². The minimum absolute atomic E-state index is 0.130. The van der Waals surface area contributed by atoms with Gasteiger partial charge in [0.2, 0.25) is 6.41 Å². The molecule has 3 aliphatic rings. The quantitative estimate of drug-likeness (QED) is 0.709. The fraction of sp³-hybridized carbons (Fsp3) is 0.737. The molecule has 0 bridgehead atoms. The molecule has 1 aromatic heterocycles. The van der Waals surface area contributed by atoms with Crippen LogP contribution in [0.1, 0.15) is 32.1 Å². The molecule has 1 spiro atoms. The van der Waals surface area contributed by atoms with Crippen molar-refractivity contribution in [3.05, 3.63) is 22.7 Å². The average Bonchev–Trinajstić information content (AvgIpc) is 3.13. The van der Waals surface area contributed by atoms with Gasteiger partial charge >= 0.3 is 0 Å². The van der Waals surface area contributed by atoms with Crippen LogP contribution in [-0.2, 0) is 11.3 Å². The van der Waals surface area contributed by atoms with E-state index in [0.717, 1.165) is 51.2 Å². The van der Waals surface area contributed by atoms with E-state index in [1.807, 2.05) is 0 Å². The van der Waals surface area contributed by atoms with Crippen molar-refractivity contribution < 1.29 is 9.90 Å². The maximum absolute atomic E-state index is 12.6. The number of hydrogen-bond donors (Lipinski definition) is 2. The number of aromatic nitrogens is 2. The molecular weight excluding hydrogens is 346 g/mol. The molecule has 4 heterocycles. The summed E-state index contributed by atoms with van der Waals surface area (Å²) in [5.74, 6) is 0.736. The van der Waals surface area contributed by atoms with Gasteiger partial charge in [-0.15, -0.1) is 0 Å². The average molecular weight is 375 g/mol. The van der Waals surface area contributed by atoms with Gasteiger partial charge in [-0.3, -0.25) is 14.2 Å². The summed E-state index contributed by atoms with van der Waals surface area (Å²) < 4.78 is 1.49. The Morgan fingerprint density at radius 2 is 1.89 bits per heavy atom. The van der Waals surface area contributed by atoms with E-state index in [9.17, 15) is 14.7 Å². The second kappa shape index (κ2) is 7.24. The zero-order valence-corrected chi connectivity index (χ0v) is 15.8. The molecule has 8 heteroatoms. The second-order valence-corrected chi connectivity index (χ2v) is 8.49. The predicted molar refractivity (Wildman–Crippen MR) is 102 cm³/mol. The molecule has 0 aromatic carbocycles. The topological polar surface area (TPSA) is 90.7 Å². The number of hydrogen-bond acceptors (Lipinski definition) is 6. The third kappa shape index (κ3) is 3.87. The van der Waals surface area contributed by atoms with Crippen LogP contribution in [0.4, 0.5) is 5.82 Å². The maximum atomic E-state index is 12.6. The third-order valence-corrected chi connectivity index (χ3v) is 6.69. The van der Waals surface area contributed by atoms with Crippen LogP contribution in [0.3, 0.4) is 0 Å². The normalized spacial score (nSPS) is 24.3. The lowest BCUT2D eigenvalue weighted by atomic mass is 9.78. The first-order chi connectivity index (χ1) is 13.0. The van der Waals surface area contributed by atoms with Crippen molar-refractivity contribution in [2.24, 2.45) is 5.41 Å². The molecule has 27 heavy (non-hydrogen) atoms. The number of likely N-dealkylation sites (tertiary alicyclic amines) is 1. The van der Waals surface area contributed by atoms with E-state index in [1.165, 1.54) is 11.0 Å². The molecule has 2 N–H and O–H groups in total. The third-order valence-electron chi connectivity index (χ3n) is 6.69. The highest BCUT2D eigenvalue weighted by Crippen LogP contribution is 2.37. The summed E-state index contributed by atoms with van der Waals surface area (Å²) in [4.78, 5) is 31.8. The Labute approximate surface area is 159 Å². The number of nitrogens with one attached hydrogen (secondary N) is 1. The Morgan fingerprint density at radius 3 is 2.48 bits per heavy atom. The van der Waals surface area contributed by atoms with Gasteiger partial charge < -0.3 is 20.2 Å². The molecule has 148 valence electrons. The number of carbonyl (C=O) groups is 1. The molecule has 1 aromatic rings. The molecule has 3 saturated heterocycles. The number of aliphatic hydroxyl groups is 1. The number of nitrogens with zero attached hydrogens (tertiary/aromatic N) is 4. The predicted octanol–water partition coefficient (Wildman–Crippen LogP) is -0.193. The molecular formula is C19H29N5O3. The minimum Gasteiger partial charge on any atom is -0.388 e. The van der Waals surface area contributed by atoms with E-state index >= 15 is 0 Å². The smallest absolute Gasteiger partial charge is 0.255 e. The molecule has 0 aliphatic carbocycles. The largest absolute Gasteiger partial charge is 0.388 e. The van der Waals surface area contributed by atoms with Crippen LogP contribution < -0.4 is 15.8 Å². The lowest BCUT2D eigenvalue weighted by Gasteiger charge is -2.39. The Kier molecular flexibility index (Phi) is 4.94. The highest BCUT2D eigenvalue weighted by atomic mass is 16.3. The lowest BCUT2D eigenvalue weighted by Crippen LogP contribution is -2.47. The molecule has 0 saturated carbocycles. The van der Waals surface area contributed by atoms with E-state index in [0.29, 0.717) is 31.3 Å². The SMILES string of the molecule is O=CN1CCC(O)(Cn2cnc(N3CCC4(CCNC4)CC3)cc2=O)CC1. The molecule has 0 unspecified atom stereocenters. The number of piperidine rings is 2. The summed E-state index contributed by atoms with van der Waals surface area (Å²) in [6.45, 7) is 5.35. The van der Waals surface area contributed by atoms with Crippen LogP contribution in [0.5, 0.6) is 0 Å². The van der Waals surface area contributed by atoms with Crippen molar-refractivity contribution in [1.29, 1.82) is 0 Å². The zero-order chi connectivity index (χ0) is 18.9. The van der Waals surface area contributed by atoms with Gasteiger partial charge in [-0.25, -0.2) is 4.98 Å². The molecule has 3 fully saturated rings. The first kappa shape index (κ1) is 18.4. The highest BCUT2D eigenvalue weighted by molar-refractivity contribution is 5.47. The van der Waals surface area contributed by atoms with Crippen LogP contribution >= 0.6 is 0 Å². The van der Waals surface area contributed by atoms with E-state index in [2.05, 4.69) is 15.2 Å². The second-order valence-electron chi connectivity index (χ2n) is 8.49. The van der Waals surface area contributed by atoms with Gasteiger partial charge in [-0.1, -0.05) is 0 Å². The van der Waals surface area contributed by atoms with Crippen LogP contribution in [0.15, 0.2) is 17.2 Å². The fourth-order valence-electron chi connectivity index (χ4n) is 4.66. The van der Waals surface area contributed by atoms with E-state index < -0.39 is 5.60 Å². The number of anilines is 1. The van der Waals surface area contributed by atoms with Crippen LogP contribution in [-0.4, -0.2) is 70.8 Å². The molecule has 0 radical (unpaired) electrons. The minimum atomic E-state index is -0.959. The zero-order valence-electron chi connectivity index (χ0n) is 15.8. The van der Waals surface area contributed by atoms with Gasteiger partial charge in [0.05, 0.1) is 18.5 Å². The van der Waals surface area contributed by atoms with E-state index in [-0.39, 0.29) is 12.1 Å². The lowest BCUT2D eigenvalue weighted by molar-refractivity contribution is -0.122. The summed E-state index contributed by atoms with van der Waals surface area (Å²) in [6.07, 6.45) is 6.84. The monoisotopic (exact) mass is 375 g/mol. The summed E-state index contributed by atoms with van der Waals surface area (Å²) in [5, 5.41) is 14.2. The number of amides is 1. The molecule has 1 amide bonds. The fourth-order valence-corrected chi connectivity index (χ4v) is 4.66. The Bertz CT molecular complexity index is 725. The molecule has 4 rings (SSSR count). The first-order valence-corrected chi connectivity index (χ1v) is 9.95. The molecule has 0 atom stereocenters. The van der Waals surface area contributed by atoms with E-state index in [1.54, 1.807) is 17.3 Å². The Morgan fingerprint density at radius 1 is 1.15 bits per heavy atom. The van der Waals surface area contributed by atoms with Crippen molar-refractivity contribution in [1.82, 2.24) is 19.8 Å². The molecule has 8 nitrogen and oxygen atoms in total. The Balaban J connectivity index is 1.39. The van der Waals surface area contributed by atoms with Gasteiger partial charge in [0, 0.05) is 38.8 Å². The Hall–Kier alpha value is -1.93. The van der Waals surface area contributed by atoms with Crippen LogP contribution in [0, 0.1) is 5.41 Å². The highest BCUT2D eigenvalue weighted by Gasteiger charge is 2.37. The van der Waals surface area contributed by atoms with Gasteiger partial charge in [0.25, 0.3) is 5.56 Å². The number of rotatable bonds is 4. The van der Waals surface area contributed by atoms with E-state index in [4.69, 9.17) is 0 Å². The summed E-state index contributed by atoms with van der Waals surface area (Å²) in [7, 11) is 0. The summed E-state index contributed by atoms with van der Waals surface area (Å²) in [6, 6.07) is 1.59. The van der Waals surface area contributed by atoms with Gasteiger partial charge in [0.15, 0.2) is 0 Å². The summed E-state index contributed by atoms with van der Waals surface area (Å²) in [5.41, 5.74) is -0.654. The molecule has 3 aliphatic heterocycles. The van der Waals surface area contributed by atoms with Crippen molar-refractivity contribution >= 4 is 12.2 Å². The van der Waals surface area contributed by atoms with Crippen molar-refractivity contribution in [3.8, 4) is 0 Å². The van der Waals surface area contributed by atoms with Gasteiger partial charge in [-0.05, 0) is 44.1 Å². The number of carbonyl (C=O) groups excluding carboxylic acids is 1. The van der Waals surface area contributed by atoms with Gasteiger partial charge in [0.1, 0.15) is 5.82 Å². The van der Waals surface area contributed by atoms with Crippen molar-refractivity contribution in [2.75, 3.05) is 44.2 Å². The van der Waals surface area contributed by atoms with Gasteiger partial charge in [-0.2, -0.15) is 0 Å². The van der Waals surface area contributed by atoms with Crippen molar-refractivity contribution in [3.63, 3.8) is 0 Å². The van der Waals surface area contributed by atoms with Crippen LogP contribution in [0.25, 0.3) is 0 Å². The standard InChI is InChI=1S/C19H29N5O3/c25-15-22-7-4-19(27,5-8-22)13-24-14-21-16(11-17(24)26)23-9-2-18(3-10-23)1-6-20-12-18/h11,14-15,20,27H,1-10,12-13H2.